The molecule has 28 heavy (non-hydrogen) atoms. The van der Waals surface area contributed by atoms with E-state index in [1.807, 2.05) is 27.7 Å². The number of rotatable bonds is 5. The maximum atomic E-state index is 13.4. The van der Waals surface area contributed by atoms with Crippen LogP contribution in [0.2, 0.25) is 0 Å². The van der Waals surface area contributed by atoms with E-state index < -0.39 is 21.6 Å². The van der Waals surface area contributed by atoms with Gasteiger partial charge in [-0.1, -0.05) is 28.6 Å². The van der Waals surface area contributed by atoms with Crippen molar-refractivity contribution in [1.82, 2.24) is 4.72 Å². The van der Waals surface area contributed by atoms with Gasteiger partial charge in [-0.15, -0.1) is 4.72 Å². The normalized spacial score (nSPS) is 30.9. The topological polar surface area (TPSA) is 64.5 Å². The second-order valence-electron chi connectivity index (χ2n) is 9.08. The second kappa shape index (κ2) is 7.95. The smallest absolute Gasteiger partial charge is 0.151 e. The summed E-state index contributed by atoms with van der Waals surface area (Å²) in [6, 6.07) is 6.32. The zero-order chi connectivity index (χ0) is 20.7. The summed E-state index contributed by atoms with van der Waals surface area (Å²) in [5, 5.41) is 10.2. The molecule has 156 valence electrons. The van der Waals surface area contributed by atoms with Gasteiger partial charge in [0.15, 0.2) is 5.54 Å². The number of aliphatic hydroxyl groups is 1. The Morgan fingerprint density at radius 1 is 1.39 bits per heavy atom. The maximum absolute atomic E-state index is 13.4. The van der Waals surface area contributed by atoms with Gasteiger partial charge in [-0.3, -0.25) is 0 Å². The summed E-state index contributed by atoms with van der Waals surface area (Å²) in [4.78, 5) is 0. The SMILES string of the molecule is C=C(OCC)[C@]1(N[S+]([O-])C(C)(C)C)c2cc(Br)ccc2CC12CCC(O)CC2. The summed E-state index contributed by atoms with van der Waals surface area (Å²) in [7, 11) is 0. The number of fused-ring (bicyclic) bond motifs is 1. The third-order valence-electron chi connectivity index (χ3n) is 6.25. The van der Waals surface area contributed by atoms with E-state index in [9.17, 15) is 9.66 Å². The molecule has 6 heteroatoms. The predicted molar refractivity (Wildman–Crippen MR) is 118 cm³/mol. The van der Waals surface area contributed by atoms with Gasteiger partial charge < -0.3 is 14.4 Å². The molecule has 2 aliphatic rings. The number of nitrogens with one attached hydrogen (secondary N) is 1. The molecule has 3 rings (SSSR count). The lowest BCUT2D eigenvalue weighted by Gasteiger charge is -2.50. The molecule has 1 saturated carbocycles. The fourth-order valence-corrected chi connectivity index (χ4v) is 6.17. The zero-order valence-corrected chi connectivity index (χ0v) is 19.7. The molecule has 1 fully saturated rings. The van der Waals surface area contributed by atoms with E-state index in [4.69, 9.17) is 4.74 Å². The summed E-state index contributed by atoms with van der Waals surface area (Å²) in [6.07, 6.45) is 3.73. The number of hydrogen-bond acceptors (Lipinski definition) is 4. The lowest BCUT2D eigenvalue weighted by atomic mass is 9.61. The Morgan fingerprint density at radius 2 is 2.04 bits per heavy atom. The van der Waals surface area contributed by atoms with Crippen molar-refractivity contribution < 1.29 is 14.4 Å². The van der Waals surface area contributed by atoms with Gasteiger partial charge in [0.1, 0.15) is 10.5 Å². The van der Waals surface area contributed by atoms with Crippen LogP contribution in [0.3, 0.4) is 0 Å². The Labute approximate surface area is 180 Å². The van der Waals surface area contributed by atoms with Gasteiger partial charge in [0.2, 0.25) is 0 Å². The van der Waals surface area contributed by atoms with Crippen molar-refractivity contribution >= 4 is 27.3 Å². The maximum Gasteiger partial charge on any atom is 0.151 e. The van der Waals surface area contributed by atoms with Crippen LogP contribution in [-0.4, -0.2) is 27.1 Å². The fraction of sp³-hybridized carbons (Fsp3) is 0.636. The monoisotopic (exact) mass is 469 g/mol. The van der Waals surface area contributed by atoms with E-state index >= 15 is 0 Å². The highest BCUT2D eigenvalue weighted by molar-refractivity contribution is 9.10. The van der Waals surface area contributed by atoms with Crippen LogP contribution in [0.4, 0.5) is 0 Å². The van der Waals surface area contributed by atoms with Crippen LogP contribution in [0.25, 0.3) is 0 Å². The van der Waals surface area contributed by atoms with Gasteiger partial charge in [-0.2, -0.15) is 0 Å². The van der Waals surface area contributed by atoms with Gasteiger partial charge in [-0.25, -0.2) is 0 Å². The van der Waals surface area contributed by atoms with Crippen LogP contribution in [-0.2, 0) is 28.1 Å². The van der Waals surface area contributed by atoms with Crippen LogP contribution in [0.15, 0.2) is 35.0 Å². The van der Waals surface area contributed by atoms with Crippen molar-refractivity contribution in [2.75, 3.05) is 6.61 Å². The molecule has 0 bridgehead atoms. The molecule has 2 N–H and O–H groups in total. The quantitative estimate of drug-likeness (QED) is 0.483. The summed E-state index contributed by atoms with van der Waals surface area (Å²) in [5.74, 6) is 0.626. The Morgan fingerprint density at radius 3 is 2.61 bits per heavy atom. The molecule has 0 radical (unpaired) electrons. The van der Waals surface area contributed by atoms with Crippen molar-refractivity contribution in [2.24, 2.45) is 5.41 Å². The van der Waals surface area contributed by atoms with Gasteiger partial charge in [0, 0.05) is 21.2 Å². The van der Waals surface area contributed by atoms with Crippen LogP contribution < -0.4 is 4.72 Å². The van der Waals surface area contributed by atoms with Gasteiger partial charge in [0.05, 0.1) is 12.7 Å². The van der Waals surface area contributed by atoms with Crippen LogP contribution in [0, 0.1) is 5.41 Å². The van der Waals surface area contributed by atoms with Crippen molar-refractivity contribution in [3.05, 3.63) is 46.1 Å². The second-order valence-corrected chi connectivity index (χ2v) is 12.0. The van der Waals surface area contributed by atoms with Crippen LogP contribution in [0.1, 0.15) is 64.5 Å². The fourth-order valence-electron chi connectivity index (χ4n) is 4.78. The van der Waals surface area contributed by atoms with E-state index in [1.165, 1.54) is 5.56 Å². The van der Waals surface area contributed by atoms with Crippen LogP contribution in [0.5, 0.6) is 0 Å². The summed E-state index contributed by atoms with van der Waals surface area (Å²) in [6.45, 7) is 12.7. The highest BCUT2D eigenvalue weighted by Crippen LogP contribution is 2.61. The number of benzene rings is 1. The largest absolute Gasteiger partial charge is 0.598 e. The van der Waals surface area contributed by atoms with Gasteiger partial charge >= 0.3 is 0 Å². The lowest BCUT2D eigenvalue weighted by Crippen LogP contribution is -2.60. The molecule has 1 spiro atoms. The minimum Gasteiger partial charge on any atom is -0.598 e. The van der Waals surface area contributed by atoms with Crippen molar-refractivity contribution in [1.29, 1.82) is 0 Å². The lowest BCUT2D eigenvalue weighted by molar-refractivity contribution is 0.000831. The zero-order valence-electron chi connectivity index (χ0n) is 17.3. The standard InChI is InChI=1S/C22H32BrNO3S/c1-6-27-15(2)22(24-28(26)20(3,4)5)19-13-17(23)8-7-16(19)14-21(22)11-9-18(25)10-12-21/h7-8,13,18,24-25H,2,6,9-12,14H2,1,3-5H3/t18?,21?,22-,28?/m0/s1. The van der Waals surface area contributed by atoms with Crippen LogP contribution >= 0.6 is 15.9 Å². The molecule has 0 aliphatic heterocycles. The Bertz CT molecular complexity index is 740. The Hall–Kier alpha value is -0.530. The molecule has 0 aromatic heterocycles. The minimum absolute atomic E-state index is 0.220. The Balaban J connectivity index is 2.20. The molecule has 2 aliphatic carbocycles. The van der Waals surface area contributed by atoms with E-state index in [1.54, 1.807) is 0 Å². The average molecular weight is 470 g/mol. The van der Waals surface area contributed by atoms with Crippen molar-refractivity contribution in [3.63, 3.8) is 0 Å². The molecule has 0 saturated heterocycles. The first-order valence-corrected chi connectivity index (χ1v) is 12.0. The molecular weight excluding hydrogens is 438 g/mol. The number of halogens is 1. The first-order valence-electron chi connectivity index (χ1n) is 10.0. The third-order valence-corrected chi connectivity index (χ3v) is 8.35. The Kier molecular flexibility index (Phi) is 6.29. The molecule has 4 nitrogen and oxygen atoms in total. The van der Waals surface area contributed by atoms with Gasteiger partial charge in [-0.05, 0) is 83.1 Å². The number of ether oxygens (including phenoxy) is 1. The predicted octanol–water partition coefficient (Wildman–Crippen LogP) is 4.72. The molecule has 0 heterocycles. The molecule has 0 amide bonds. The first kappa shape index (κ1) is 22.2. The summed E-state index contributed by atoms with van der Waals surface area (Å²) < 4.78 is 23.5. The first-order chi connectivity index (χ1) is 13.1. The van der Waals surface area contributed by atoms with Crippen molar-refractivity contribution in [2.45, 2.75) is 76.2 Å². The molecule has 2 atom stereocenters. The van der Waals surface area contributed by atoms with Crippen molar-refractivity contribution in [3.8, 4) is 0 Å². The minimum atomic E-state index is -1.31. The van der Waals surface area contributed by atoms with E-state index in [0.717, 1.165) is 42.1 Å². The summed E-state index contributed by atoms with van der Waals surface area (Å²) in [5.41, 5.74) is 1.36. The third kappa shape index (κ3) is 3.67. The average Bonchev–Trinajstić information content (AvgIpc) is 2.87. The molecule has 1 aromatic rings. The number of aliphatic hydroxyl groups excluding tert-OH is 1. The van der Waals surface area contributed by atoms with E-state index in [2.05, 4.69) is 45.4 Å². The van der Waals surface area contributed by atoms with E-state index in [0.29, 0.717) is 12.4 Å². The summed E-state index contributed by atoms with van der Waals surface area (Å²) >= 11 is 2.31. The number of hydrogen-bond donors (Lipinski definition) is 2. The highest BCUT2D eigenvalue weighted by atomic mass is 79.9. The molecule has 1 aromatic carbocycles. The molecule has 1 unspecified atom stereocenters. The van der Waals surface area contributed by atoms with Gasteiger partial charge in [0.25, 0.3) is 0 Å². The highest BCUT2D eigenvalue weighted by Gasteiger charge is 2.63. The molecular formula is C22H32BrNO3S. The van der Waals surface area contributed by atoms with E-state index in [-0.39, 0.29) is 11.5 Å².